The van der Waals surface area contributed by atoms with Gasteiger partial charge in [0, 0.05) is 4.88 Å². The average molecular weight is 348 g/mol. The highest BCUT2D eigenvalue weighted by Gasteiger charge is 2.28. The number of carboxylic acids is 1. The van der Waals surface area contributed by atoms with Gasteiger partial charge in [-0.3, -0.25) is 0 Å². The van der Waals surface area contributed by atoms with Crippen molar-refractivity contribution < 1.29 is 9.90 Å². The van der Waals surface area contributed by atoms with E-state index in [2.05, 4.69) is 15.3 Å². The van der Waals surface area contributed by atoms with Gasteiger partial charge in [0.15, 0.2) is 0 Å². The number of nitrogens with zero attached hydrogens (tertiary/aromatic N) is 2. The smallest absolute Gasteiger partial charge is 0.328 e. The molecular formula is C16H14ClN3O2S. The molecule has 0 aliphatic rings. The van der Waals surface area contributed by atoms with E-state index >= 15 is 0 Å². The summed E-state index contributed by atoms with van der Waals surface area (Å²) in [4.78, 5) is 21.5. The molecule has 5 nitrogen and oxygen atoms in total. The summed E-state index contributed by atoms with van der Waals surface area (Å²) in [6, 6.07) is 11.8. The van der Waals surface area contributed by atoms with Crippen LogP contribution in [0.5, 0.6) is 0 Å². The minimum atomic E-state index is -1.17. The highest BCUT2D eigenvalue weighted by atomic mass is 35.5. The maximum atomic E-state index is 11.3. The normalized spacial score (nSPS) is 11.6. The van der Waals surface area contributed by atoms with Crippen LogP contribution in [-0.2, 0) is 4.79 Å². The van der Waals surface area contributed by atoms with Crippen LogP contribution in [0.2, 0.25) is 5.28 Å². The summed E-state index contributed by atoms with van der Waals surface area (Å²) in [7, 11) is 0. The summed E-state index contributed by atoms with van der Waals surface area (Å²) in [5, 5.41) is 13.1. The van der Waals surface area contributed by atoms with Crippen molar-refractivity contribution in [3.63, 3.8) is 0 Å². The molecule has 0 aliphatic carbocycles. The maximum absolute atomic E-state index is 11.3. The molecule has 0 radical (unpaired) electrons. The van der Waals surface area contributed by atoms with Crippen molar-refractivity contribution in [1.29, 1.82) is 0 Å². The van der Waals surface area contributed by atoms with Crippen molar-refractivity contribution in [2.75, 3.05) is 5.32 Å². The Labute approximate surface area is 142 Å². The molecule has 0 spiro atoms. The molecule has 0 amide bonds. The molecule has 23 heavy (non-hydrogen) atoms. The number of halogens is 1. The molecule has 0 bridgehead atoms. The second-order valence-corrected chi connectivity index (χ2v) is 6.96. The zero-order chi connectivity index (χ0) is 16.6. The van der Waals surface area contributed by atoms with Crippen molar-refractivity contribution in [1.82, 2.24) is 9.97 Å². The van der Waals surface area contributed by atoms with Crippen molar-refractivity contribution in [2.45, 2.75) is 19.4 Å². The third kappa shape index (κ3) is 3.13. The molecule has 118 valence electrons. The molecule has 2 aromatic heterocycles. The van der Waals surface area contributed by atoms with Gasteiger partial charge >= 0.3 is 5.97 Å². The lowest BCUT2D eigenvalue weighted by Crippen LogP contribution is -2.40. The van der Waals surface area contributed by atoms with Crippen molar-refractivity contribution in [3.05, 3.63) is 41.7 Å². The fourth-order valence-electron chi connectivity index (χ4n) is 2.08. The highest BCUT2D eigenvalue weighted by molar-refractivity contribution is 7.22. The lowest BCUT2D eigenvalue weighted by atomic mass is 10.1. The Balaban J connectivity index is 2.12. The molecule has 3 aromatic rings. The van der Waals surface area contributed by atoms with E-state index in [-0.39, 0.29) is 5.28 Å². The third-order valence-corrected chi connectivity index (χ3v) is 4.64. The average Bonchev–Trinajstić information content (AvgIpc) is 2.91. The number of anilines is 1. The van der Waals surface area contributed by atoms with Crippen molar-refractivity contribution in [3.8, 4) is 10.4 Å². The fourth-order valence-corrected chi connectivity index (χ4v) is 3.34. The molecule has 0 atom stereocenters. The van der Waals surface area contributed by atoms with E-state index in [1.165, 1.54) is 11.3 Å². The maximum Gasteiger partial charge on any atom is 0.328 e. The standard InChI is InChI=1S/C16H14ClN3O2S/c1-16(2,14(21)22)20-12-10-8-11(9-6-4-3-5-7-9)23-13(10)19-15(17)18-12/h3-8H,1-2H3,(H,21,22)(H,18,19,20). The Bertz CT molecular complexity index is 878. The number of thiophene rings is 1. The fraction of sp³-hybridized carbons (Fsp3) is 0.188. The number of aromatic nitrogens is 2. The van der Waals surface area contributed by atoms with Crippen LogP contribution in [0.15, 0.2) is 36.4 Å². The number of carbonyl (C=O) groups is 1. The Hall–Kier alpha value is -2.18. The first-order valence-electron chi connectivity index (χ1n) is 6.91. The van der Waals surface area contributed by atoms with E-state index < -0.39 is 11.5 Å². The number of hydrogen-bond donors (Lipinski definition) is 2. The topological polar surface area (TPSA) is 75.1 Å². The van der Waals surface area contributed by atoms with Crippen LogP contribution >= 0.6 is 22.9 Å². The number of benzene rings is 1. The van der Waals surface area contributed by atoms with Crippen LogP contribution in [-0.4, -0.2) is 26.6 Å². The summed E-state index contributed by atoms with van der Waals surface area (Å²) < 4.78 is 0. The number of fused-ring (bicyclic) bond motifs is 1. The van der Waals surface area contributed by atoms with Gasteiger partial charge in [-0.15, -0.1) is 11.3 Å². The Morgan fingerprint density at radius 1 is 1.26 bits per heavy atom. The van der Waals surface area contributed by atoms with Crippen LogP contribution in [0.1, 0.15) is 13.8 Å². The summed E-state index contributed by atoms with van der Waals surface area (Å²) >= 11 is 7.47. The molecule has 2 N–H and O–H groups in total. The van der Waals surface area contributed by atoms with Crippen LogP contribution in [0, 0.1) is 0 Å². The van der Waals surface area contributed by atoms with E-state index in [0.29, 0.717) is 10.6 Å². The molecule has 0 saturated carbocycles. The largest absolute Gasteiger partial charge is 0.480 e. The Morgan fingerprint density at radius 2 is 1.96 bits per heavy atom. The molecule has 3 rings (SSSR count). The number of hydrogen-bond acceptors (Lipinski definition) is 5. The summed E-state index contributed by atoms with van der Waals surface area (Å²) in [5.41, 5.74) is -0.102. The molecule has 2 heterocycles. The molecule has 0 aliphatic heterocycles. The number of rotatable bonds is 4. The molecule has 1 aromatic carbocycles. The number of aliphatic carboxylic acids is 1. The van der Waals surface area contributed by atoms with E-state index in [0.717, 1.165) is 15.8 Å². The summed E-state index contributed by atoms with van der Waals surface area (Å²) in [6.45, 7) is 3.14. The minimum Gasteiger partial charge on any atom is -0.480 e. The van der Waals surface area contributed by atoms with Gasteiger partial charge < -0.3 is 10.4 Å². The lowest BCUT2D eigenvalue weighted by Gasteiger charge is -2.22. The Kier molecular flexibility index (Phi) is 3.95. The summed E-state index contributed by atoms with van der Waals surface area (Å²) in [5.74, 6) is -0.551. The van der Waals surface area contributed by atoms with Gasteiger partial charge in [0.25, 0.3) is 0 Å². The summed E-state index contributed by atoms with van der Waals surface area (Å²) in [6.07, 6.45) is 0. The second kappa shape index (κ2) is 5.79. The molecule has 7 heteroatoms. The van der Waals surface area contributed by atoms with E-state index in [9.17, 15) is 9.90 Å². The van der Waals surface area contributed by atoms with Gasteiger partial charge in [-0.05, 0) is 37.1 Å². The monoisotopic (exact) mass is 347 g/mol. The zero-order valence-corrected chi connectivity index (χ0v) is 14.1. The van der Waals surface area contributed by atoms with Gasteiger partial charge in [-0.25, -0.2) is 14.8 Å². The lowest BCUT2D eigenvalue weighted by molar-refractivity contribution is -0.141. The quantitative estimate of drug-likeness (QED) is 0.689. The predicted molar refractivity (Wildman–Crippen MR) is 93.2 cm³/mol. The van der Waals surface area contributed by atoms with Crippen LogP contribution < -0.4 is 5.32 Å². The van der Waals surface area contributed by atoms with Gasteiger partial charge in [-0.2, -0.15) is 0 Å². The van der Waals surface area contributed by atoms with Gasteiger partial charge in [0.1, 0.15) is 16.2 Å². The van der Waals surface area contributed by atoms with Crippen molar-refractivity contribution >= 4 is 44.9 Å². The van der Waals surface area contributed by atoms with Gasteiger partial charge in [0.05, 0.1) is 5.39 Å². The molecular weight excluding hydrogens is 334 g/mol. The van der Waals surface area contributed by atoms with E-state index in [1.54, 1.807) is 13.8 Å². The molecule has 0 saturated heterocycles. The van der Waals surface area contributed by atoms with E-state index in [4.69, 9.17) is 11.6 Å². The number of carboxylic acid groups (broad SMARTS) is 1. The zero-order valence-electron chi connectivity index (χ0n) is 12.5. The van der Waals surface area contributed by atoms with Crippen LogP contribution in [0.4, 0.5) is 5.82 Å². The molecule has 0 unspecified atom stereocenters. The van der Waals surface area contributed by atoms with Crippen molar-refractivity contribution in [2.24, 2.45) is 0 Å². The first-order chi connectivity index (χ1) is 10.9. The van der Waals surface area contributed by atoms with E-state index in [1.807, 2.05) is 36.4 Å². The van der Waals surface area contributed by atoms with Gasteiger partial charge in [-0.1, -0.05) is 30.3 Å². The third-order valence-electron chi connectivity index (χ3n) is 3.39. The SMILES string of the molecule is CC(C)(Nc1nc(Cl)nc2sc(-c3ccccc3)cc12)C(=O)O. The van der Waals surface area contributed by atoms with Crippen LogP contribution in [0.3, 0.4) is 0 Å². The Morgan fingerprint density at radius 3 is 2.61 bits per heavy atom. The first-order valence-corrected chi connectivity index (χ1v) is 8.10. The highest BCUT2D eigenvalue weighted by Crippen LogP contribution is 2.36. The first kappa shape index (κ1) is 15.7. The second-order valence-electron chi connectivity index (χ2n) is 5.59. The minimum absolute atomic E-state index is 0.0858. The number of nitrogens with one attached hydrogen (secondary N) is 1. The predicted octanol–water partition coefficient (Wildman–Crippen LogP) is 4.29. The van der Waals surface area contributed by atoms with Gasteiger partial charge in [0.2, 0.25) is 5.28 Å². The molecule has 0 fully saturated rings. The van der Waals surface area contributed by atoms with Crippen LogP contribution in [0.25, 0.3) is 20.7 Å².